The van der Waals surface area contributed by atoms with Gasteiger partial charge in [-0.3, -0.25) is 0 Å². The van der Waals surface area contributed by atoms with Crippen molar-refractivity contribution in [3.63, 3.8) is 0 Å². The van der Waals surface area contributed by atoms with Crippen molar-refractivity contribution < 1.29 is 13.2 Å². The minimum Gasteiger partial charge on any atom is -0.496 e. The first-order valence-electron chi connectivity index (χ1n) is 6.06. The highest BCUT2D eigenvalue weighted by Gasteiger charge is 2.22. The predicted octanol–water partition coefficient (Wildman–Crippen LogP) is 3.01. The smallest absolute Gasteiger partial charge is 0.224 e. The maximum absolute atomic E-state index is 12.6. The van der Waals surface area contributed by atoms with Crippen LogP contribution in [-0.2, 0) is 9.84 Å². The minimum atomic E-state index is -3.67. The van der Waals surface area contributed by atoms with E-state index in [1.807, 2.05) is 6.07 Å². The van der Waals surface area contributed by atoms with Crippen LogP contribution in [0, 0.1) is 3.70 Å². The van der Waals surface area contributed by atoms with Crippen molar-refractivity contribution in [2.45, 2.75) is 9.92 Å². The molecule has 1 aromatic carbocycles. The third kappa shape index (κ3) is 2.51. The number of hydrogen-bond donors (Lipinski definition) is 1. The molecule has 1 N–H and O–H groups in total. The molecule has 0 aliphatic carbocycles. The van der Waals surface area contributed by atoms with Crippen LogP contribution < -0.4 is 4.74 Å². The summed E-state index contributed by atoms with van der Waals surface area (Å²) in [5.74, 6) is 0.480. The van der Waals surface area contributed by atoms with Crippen LogP contribution in [0.25, 0.3) is 11.0 Å². The van der Waals surface area contributed by atoms with Gasteiger partial charge in [0, 0.05) is 6.07 Å². The van der Waals surface area contributed by atoms with E-state index in [9.17, 15) is 8.42 Å². The fraction of sp³-hybridized carbons (Fsp3) is 0.0714. The zero-order chi connectivity index (χ0) is 15.0. The zero-order valence-electron chi connectivity index (χ0n) is 11.0. The van der Waals surface area contributed by atoms with E-state index >= 15 is 0 Å². The average Bonchev–Trinajstić information content (AvgIpc) is 2.87. The van der Waals surface area contributed by atoms with Gasteiger partial charge < -0.3 is 9.72 Å². The van der Waals surface area contributed by atoms with E-state index < -0.39 is 9.84 Å². The molecule has 7 heteroatoms. The summed E-state index contributed by atoms with van der Waals surface area (Å²) >= 11 is 2.11. The van der Waals surface area contributed by atoms with Crippen LogP contribution in [0.2, 0.25) is 0 Å². The molecule has 0 amide bonds. The number of rotatable bonds is 3. The molecular formula is C14H11IN2O3S. The second-order valence-corrected chi connectivity index (χ2v) is 7.42. The van der Waals surface area contributed by atoms with Crippen molar-refractivity contribution >= 4 is 43.5 Å². The third-order valence-corrected chi connectivity index (χ3v) is 5.29. The molecule has 3 aromatic rings. The molecule has 0 radical (unpaired) electrons. The largest absolute Gasteiger partial charge is 0.496 e. The van der Waals surface area contributed by atoms with Crippen LogP contribution in [0.1, 0.15) is 0 Å². The number of benzene rings is 1. The van der Waals surface area contributed by atoms with Gasteiger partial charge in [0.2, 0.25) is 9.84 Å². The molecule has 0 saturated heterocycles. The van der Waals surface area contributed by atoms with Crippen LogP contribution in [-0.4, -0.2) is 25.5 Å². The lowest BCUT2D eigenvalue weighted by Gasteiger charge is -2.07. The van der Waals surface area contributed by atoms with E-state index in [1.54, 1.807) is 30.3 Å². The Hall–Kier alpha value is -1.61. The lowest BCUT2D eigenvalue weighted by Crippen LogP contribution is -2.05. The Kier molecular flexibility index (Phi) is 3.62. The average molecular weight is 414 g/mol. The van der Waals surface area contributed by atoms with E-state index in [4.69, 9.17) is 4.74 Å². The third-order valence-electron chi connectivity index (χ3n) is 3.05. The molecule has 0 fully saturated rings. The molecule has 2 heterocycles. The van der Waals surface area contributed by atoms with Gasteiger partial charge in [0.1, 0.15) is 11.4 Å². The summed E-state index contributed by atoms with van der Waals surface area (Å²) in [6.07, 6.45) is 0. The SMILES string of the molecule is COc1cc(S(=O)(=O)c2ccccc2)nc2[nH]c(I)cc12. The fourth-order valence-electron chi connectivity index (χ4n) is 2.05. The molecule has 5 nitrogen and oxygen atoms in total. The van der Waals surface area contributed by atoms with Crippen LogP contribution in [0.5, 0.6) is 5.75 Å². The monoisotopic (exact) mass is 414 g/mol. The van der Waals surface area contributed by atoms with E-state index in [0.29, 0.717) is 11.4 Å². The van der Waals surface area contributed by atoms with Gasteiger partial charge in [-0.2, -0.15) is 0 Å². The second kappa shape index (κ2) is 5.30. The van der Waals surface area contributed by atoms with E-state index in [1.165, 1.54) is 13.2 Å². The van der Waals surface area contributed by atoms with E-state index in [2.05, 4.69) is 32.6 Å². The van der Waals surface area contributed by atoms with E-state index in [-0.39, 0.29) is 9.92 Å². The quantitative estimate of drug-likeness (QED) is 0.669. The molecule has 108 valence electrons. The molecule has 0 aliphatic heterocycles. The normalized spacial score (nSPS) is 11.7. The number of H-pyrrole nitrogens is 1. The first kappa shape index (κ1) is 14.3. The van der Waals surface area contributed by atoms with Crippen molar-refractivity contribution in [3.05, 3.63) is 46.2 Å². The molecule has 0 aliphatic rings. The van der Waals surface area contributed by atoms with Crippen molar-refractivity contribution in [3.8, 4) is 5.75 Å². The highest BCUT2D eigenvalue weighted by molar-refractivity contribution is 14.1. The highest BCUT2D eigenvalue weighted by atomic mass is 127. The van der Waals surface area contributed by atoms with Gasteiger partial charge in [-0.1, -0.05) is 18.2 Å². The van der Waals surface area contributed by atoms with Gasteiger partial charge in [0.05, 0.1) is 21.1 Å². The molecule has 0 unspecified atom stereocenters. The Labute approximate surface area is 135 Å². The summed E-state index contributed by atoms with van der Waals surface area (Å²) in [6.45, 7) is 0. The number of ether oxygens (including phenoxy) is 1. The summed E-state index contributed by atoms with van der Waals surface area (Å²) in [4.78, 5) is 7.46. The Morgan fingerprint density at radius 1 is 1.19 bits per heavy atom. The minimum absolute atomic E-state index is 0.0312. The Bertz CT molecular complexity index is 905. The van der Waals surface area contributed by atoms with Crippen molar-refractivity contribution in [1.29, 1.82) is 0 Å². The molecule has 0 saturated carbocycles. The maximum Gasteiger partial charge on any atom is 0.224 e. The highest BCUT2D eigenvalue weighted by Crippen LogP contribution is 2.30. The molecule has 0 atom stereocenters. The van der Waals surface area contributed by atoms with Crippen LogP contribution in [0.15, 0.2) is 52.4 Å². The lowest BCUT2D eigenvalue weighted by atomic mass is 10.3. The summed E-state index contributed by atoms with van der Waals surface area (Å²) in [7, 11) is -2.16. The number of sulfone groups is 1. The topological polar surface area (TPSA) is 72.1 Å². The van der Waals surface area contributed by atoms with Gasteiger partial charge in [-0.15, -0.1) is 0 Å². The number of nitrogens with zero attached hydrogens (tertiary/aromatic N) is 1. The molecule has 0 bridgehead atoms. The van der Waals surface area contributed by atoms with Crippen LogP contribution in [0.4, 0.5) is 0 Å². The summed E-state index contributed by atoms with van der Waals surface area (Å²) in [5, 5.41) is 0.727. The van der Waals surface area contributed by atoms with Crippen molar-refractivity contribution in [2.75, 3.05) is 7.11 Å². The van der Waals surface area contributed by atoms with E-state index in [0.717, 1.165) is 9.09 Å². The van der Waals surface area contributed by atoms with Crippen molar-refractivity contribution in [2.24, 2.45) is 0 Å². The van der Waals surface area contributed by atoms with Crippen molar-refractivity contribution in [1.82, 2.24) is 9.97 Å². The van der Waals surface area contributed by atoms with Gasteiger partial charge in [-0.25, -0.2) is 13.4 Å². The maximum atomic E-state index is 12.6. The first-order valence-corrected chi connectivity index (χ1v) is 8.62. The van der Waals surface area contributed by atoms with Gasteiger partial charge in [0.25, 0.3) is 0 Å². The first-order chi connectivity index (χ1) is 10.0. The Balaban J connectivity index is 2.25. The summed E-state index contributed by atoms with van der Waals surface area (Å²) in [6, 6.07) is 11.5. The van der Waals surface area contributed by atoms with Crippen LogP contribution >= 0.6 is 22.6 Å². The number of aromatic nitrogens is 2. The summed E-state index contributed by atoms with van der Waals surface area (Å²) < 4.78 is 31.4. The fourth-order valence-corrected chi connectivity index (χ4v) is 3.84. The van der Waals surface area contributed by atoms with Gasteiger partial charge >= 0.3 is 0 Å². The van der Waals surface area contributed by atoms with Gasteiger partial charge in [-0.05, 0) is 40.8 Å². The number of aromatic amines is 1. The molecule has 0 spiro atoms. The molecule has 2 aromatic heterocycles. The zero-order valence-corrected chi connectivity index (χ0v) is 14.0. The van der Waals surface area contributed by atoms with Gasteiger partial charge in [0.15, 0.2) is 5.03 Å². The molecule has 21 heavy (non-hydrogen) atoms. The standard InChI is InChI=1S/C14H11IN2O3S/c1-20-11-8-13(17-14-10(11)7-12(15)16-14)21(18,19)9-5-3-2-4-6-9/h2-8H,1H3,(H,16,17). The predicted molar refractivity (Wildman–Crippen MR) is 87.3 cm³/mol. The number of pyridine rings is 1. The Morgan fingerprint density at radius 3 is 2.57 bits per heavy atom. The lowest BCUT2D eigenvalue weighted by molar-refractivity contribution is 0.418. The molecule has 3 rings (SSSR count). The number of halogens is 1. The Morgan fingerprint density at radius 2 is 1.90 bits per heavy atom. The second-order valence-electron chi connectivity index (χ2n) is 4.36. The summed E-state index contributed by atoms with van der Waals surface area (Å²) in [5.41, 5.74) is 0.494. The number of fused-ring (bicyclic) bond motifs is 1. The van der Waals surface area contributed by atoms with Crippen LogP contribution in [0.3, 0.4) is 0 Å². The number of nitrogens with one attached hydrogen (secondary N) is 1. The molecular weight excluding hydrogens is 403 g/mol. The number of methoxy groups -OCH3 is 1. The number of hydrogen-bond acceptors (Lipinski definition) is 4.